The van der Waals surface area contributed by atoms with Gasteiger partial charge in [0.1, 0.15) is 0 Å². The Bertz CT molecular complexity index is 668. The summed E-state index contributed by atoms with van der Waals surface area (Å²) in [5.41, 5.74) is 2.34. The van der Waals surface area contributed by atoms with Crippen LogP contribution in [0.1, 0.15) is 37.2 Å². The number of nitrogens with one attached hydrogen (secondary N) is 1. The predicted octanol–water partition coefficient (Wildman–Crippen LogP) is 3.21. The molecule has 1 atom stereocenters. The first-order chi connectivity index (χ1) is 10.4. The number of rotatable bonds is 3. The van der Waals surface area contributed by atoms with Crippen LogP contribution in [0.4, 0.5) is 5.82 Å². The van der Waals surface area contributed by atoms with Gasteiger partial charge in [-0.1, -0.05) is 11.2 Å². The zero-order chi connectivity index (χ0) is 13.8. The highest BCUT2D eigenvalue weighted by Gasteiger charge is 2.34. The van der Waals surface area contributed by atoms with Crippen molar-refractivity contribution in [1.29, 1.82) is 0 Å². The van der Waals surface area contributed by atoms with Crippen molar-refractivity contribution in [1.82, 2.24) is 10.1 Å². The number of hydrogen-bond acceptors (Lipinski definition) is 4. The maximum absolute atomic E-state index is 5.56. The van der Waals surface area contributed by atoms with Crippen LogP contribution in [0.5, 0.6) is 0 Å². The zero-order valence-corrected chi connectivity index (χ0v) is 12.2. The van der Waals surface area contributed by atoms with E-state index in [0.717, 1.165) is 35.2 Å². The van der Waals surface area contributed by atoms with Gasteiger partial charge in [0.15, 0.2) is 11.4 Å². The van der Waals surface area contributed by atoms with Gasteiger partial charge in [0.2, 0.25) is 0 Å². The van der Waals surface area contributed by atoms with E-state index in [2.05, 4.69) is 33.6 Å². The molecule has 110 valence electrons. The van der Waals surface area contributed by atoms with Crippen molar-refractivity contribution in [2.45, 2.75) is 37.6 Å². The predicted molar refractivity (Wildman–Crippen MR) is 82.6 cm³/mol. The van der Waals surface area contributed by atoms with E-state index in [1.165, 1.54) is 44.3 Å². The van der Waals surface area contributed by atoms with Crippen molar-refractivity contribution in [3.05, 3.63) is 23.8 Å². The number of anilines is 1. The van der Waals surface area contributed by atoms with Crippen LogP contribution in [0.25, 0.3) is 11.0 Å². The average molecular weight is 283 g/mol. The third-order valence-electron chi connectivity index (χ3n) is 5.52. The molecular weight excluding hydrogens is 262 g/mol. The van der Waals surface area contributed by atoms with E-state index in [1.807, 2.05) is 0 Å². The quantitative estimate of drug-likeness (QED) is 0.939. The number of benzene rings is 1. The number of piperidine rings is 3. The Balaban J connectivity index is 1.42. The Morgan fingerprint density at radius 3 is 2.71 bits per heavy atom. The second kappa shape index (κ2) is 4.47. The molecule has 1 N–H and O–H groups in total. The van der Waals surface area contributed by atoms with Crippen LogP contribution in [0.3, 0.4) is 0 Å². The molecule has 2 bridgehead atoms. The molecular formula is C17H21N3O. The fraction of sp³-hybridized carbons (Fsp3) is 0.588. The Labute approximate surface area is 124 Å². The van der Waals surface area contributed by atoms with E-state index >= 15 is 0 Å². The summed E-state index contributed by atoms with van der Waals surface area (Å²) in [5, 5.41) is 9.08. The van der Waals surface area contributed by atoms with Crippen molar-refractivity contribution in [2.75, 3.05) is 25.0 Å². The molecule has 3 saturated heterocycles. The molecule has 4 fully saturated rings. The average Bonchev–Trinajstić information content (AvgIpc) is 3.31. The van der Waals surface area contributed by atoms with Crippen LogP contribution in [0.15, 0.2) is 22.7 Å². The molecule has 0 spiro atoms. The lowest BCUT2D eigenvalue weighted by Gasteiger charge is -2.44. The van der Waals surface area contributed by atoms with Gasteiger partial charge in [-0.05, 0) is 68.3 Å². The summed E-state index contributed by atoms with van der Waals surface area (Å²) in [5.74, 6) is 2.50. The molecule has 0 radical (unpaired) electrons. The van der Waals surface area contributed by atoms with Crippen LogP contribution < -0.4 is 5.32 Å². The van der Waals surface area contributed by atoms with Crippen molar-refractivity contribution < 1.29 is 4.52 Å². The van der Waals surface area contributed by atoms with E-state index in [0.29, 0.717) is 6.04 Å². The standard InChI is InChI=1S/C17H21N3O/c1-2-11(1)13-3-4-14-16(9-13)21-19-17(14)18-15-10-20-7-5-12(15)6-8-20/h3-4,9,11-12,15H,1-2,5-8,10H2,(H,18,19)/t15-/m1/s1. The van der Waals surface area contributed by atoms with Crippen LogP contribution in [-0.2, 0) is 0 Å². The van der Waals surface area contributed by atoms with E-state index < -0.39 is 0 Å². The number of hydrogen-bond donors (Lipinski definition) is 1. The second-order valence-corrected chi connectivity index (χ2v) is 6.95. The SMILES string of the molecule is c1cc2c(N[C@@H]3CN4CCC3CC4)noc2cc1C1CC1. The molecule has 4 aliphatic rings. The van der Waals surface area contributed by atoms with Gasteiger partial charge in [-0.3, -0.25) is 0 Å². The molecule has 4 heterocycles. The molecule has 6 rings (SSSR count). The summed E-state index contributed by atoms with van der Waals surface area (Å²) < 4.78 is 5.56. The largest absolute Gasteiger partial charge is 0.362 e. The molecule has 21 heavy (non-hydrogen) atoms. The Kier molecular flexibility index (Phi) is 2.56. The molecule has 4 heteroatoms. The topological polar surface area (TPSA) is 41.3 Å². The summed E-state index contributed by atoms with van der Waals surface area (Å²) >= 11 is 0. The van der Waals surface area contributed by atoms with Gasteiger partial charge in [-0.25, -0.2) is 0 Å². The number of nitrogens with zero attached hydrogens (tertiary/aromatic N) is 2. The van der Waals surface area contributed by atoms with E-state index in [-0.39, 0.29) is 0 Å². The third-order valence-corrected chi connectivity index (χ3v) is 5.52. The Morgan fingerprint density at radius 1 is 1.14 bits per heavy atom. The van der Waals surface area contributed by atoms with Crippen molar-refractivity contribution in [3.63, 3.8) is 0 Å². The van der Waals surface area contributed by atoms with Crippen molar-refractivity contribution >= 4 is 16.8 Å². The summed E-state index contributed by atoms with van der Waals surface area (Å²) in [7, 11) is 0. The molecule has 0 unspecified atom stereocenters. The first kappa shape index (κ1) is 12.0. The minimum Gasteiger partial charge on any atom is -0.362 e. The minimum atomic E-state index is 0.531. The van der Waals surface area contributed by atoms with Gasteiger partial charge in [0.25, 0.3) is 0 Å². The molecule has 1 aromatic heterocycles. The fourth-order valence-corrected chi connectivity index (χ4v) is 4.03. The second-order valence-electron chi connectivity index (χ2n) is 6.95. The van der Waals surface area contributed by atoms with Gasteiger partial charge in [0, 0.05) is 12.6 Å². The van der Waals surface area contributed by atoms with Gasteiger partial charge in [-0.15, -0.1) is 0 Å². The Hall–Kier alpha value is -1.55. The van der Waals surface area contributed by atoms with Crippen LogP contribution >= 0.6 is 0 Å². The monoisotopic (exact) mass is 283 g/mol. The van der Waals surface area contributed by atoms with Crippen molar-refractivity contribution in [3.8, 4) is 0 Å². The lowest BCUT2D eigenvalue weighted by molar-refractivity contribution is 0.0973. The van der Waals surface area contributed by atoms with Crippen LogP contribution in [-0.4, -0.2) is 35.7 Å². The normalized spacial score (nSPS) is 31.7. The summed E-state index contributed by atoms with van der Waals surface area (Å²) in [6.45, 7) is 3.69. The molecule has 2 aromatic rings. The Morgan fingerprint density at radius 2 is 2.00 bits per heavy atom. The zero-order valence-electron chi connectivity index (χ0n) is 12.2. The summed E-state index contributed by atoms with van der Waals surface area (Å²) in [4.78, 5) is 2.56. The van der Waals surface area contributed by atoms with Gasteiger partial charge in [-0.2, -0.15) is 0 Å². The van der Waals surface area contributed by atoms with Crippen LogP contribution in [0.2, 0.25) is 0 Å². The molecule has 4 nitrogen and oxygen atoms in total. The molecule has 1 saturated carbocycles. The first-order valence-corrected chi connectivity index (χ1v) is 8.25. The highest BCUT2D eigenvalue weighted by Crippen LogP contribution is 2.41. The van der Waals surface area contributed by atoms with E-state index in [9.17, 15) is 0 Å². The fourth-order valence-electron chi connectivity index (χ4n) is 4.03. The number of fused-ring (bicyclic) bond motifs is 4. The van der Waals surface area contributed by atoms with E-state index in [4.69, 9.17) is 4.52 Å². The minimum absolute atomic E-state index is 0.531. The van der Waals surface area contributed by atoms with Crippen molar-refractivity contribution in [2.24, 2.45) is 5.92 Å². The third kappa shape index (κ3) is 2.04. The first-order valence-electron chi connectivity index (χ1n) is 8.25. The summed E-state index contributed by atoms with van der Waals surface area (Å²) in [6, 6.07) is 7.15. The lowest BCUT2D eigenvalue weighted by Crippen LogP contribution is -2.53. The van der Waals surface area contributed by atoms with Gasteiger partial charge >= 0.3 is 0 Å². The highest BCUT2D eigenvalue weighted by molar-refractivity contribution is 5.88. The highest BCUT2D eigenvalue weighted by atomic mass is 16.5. The van der Waals surface area contributed by atoms with Gasteiger partial charge in [0.05, 0.1) is 5.39 Å². The maximum atomic E-state index is 5.56. The molecule has 1 aliphatic carbocycles. The molecule has 1 aromatic carbocycles. The number of aromatic nitrogens is 1. The molecule has 3 aliphatic heterocycles. The smallest absolute Gasteiger partial charge is 0.177 e. The van der Waals surface area contributed by atoms with E-state index in [1.54, 1.807) is 0 Å². The van der Waals surface area contributed by atoms with Crippen LogP contribution in [0, 0.1) is 5.92 Å². The lowest BCUT2D eigenvalue weighted by atomic mass is 9.84. The molecule has 0 amide bonds. The maximum Gasteiger partial charge on any atom is 0.177 e. The van der Waals surface area contributed by atoms with Gasteiger partial charge < -0.3 is 14.7 Å². The summed E-state index contributed by atoms with van der Waals surface area (Å²) in [6.07, 6.45) is 5.28.